The second kappa shape index (κ2) is 10.2. The Labute approximate surface area is 117 Å². The standard InChI is InChI=1S/C16H30O3/c1-2-3-11-15-12-9-7-5-4-6-8-10-14(17)13-16(18)19-15/h14-15,17H,2-13H2,1H3/t14-,15-/m0/s1. The first kappa shape index (κ1) is 16.5. The highest BCUT2D eigenvalue weighted by molar-refractivity contribution is 5.70. The largest absolute Gasteiger partial charge is 0.462 e. The Morgan fingerprint density at radius 2 is 1.74 bits per heavy atom. The summed E-state index contributed by atoms with van der Waals surface area (Å²) in [5.41, 5.74) is 0. The molecule has 1 N–H and O–H groups in total. The summed E-state index contributed by atoms with van der Waals surface area (Å²) < 4.78 is 5.54. The lowest BCUT2D eigenvalue weighted by Crippen LogP contribution is -2.22. The normalized spacial score (nSPS) is 27.8. The molecule has 0 spiro atoms. The molecule has 0 amide bonds. The number of esters is 1. The first-order chi connectivity index (χ1) is 9.22. The Bertz CT molecular complexity index is 240. The predicted octanol–water partition coefficient (Wildman–Crippen LogP) is 3.97. The lowest BCUT2D eigenvalue weighted by atomic mass is 10.0. The first-order valence-electron chi connectivity index (χ1n) is 8.10. The number of unbranched alkanes of at least 4 members (excludes halogenated alkanes) is 1. The van der Waals surface area contributed by atoms with E-state index in [0.717, 1.165) is 44.9 Å². The maximum atomic E-state index is 11.8. The van der Waals surface area contributed by atoms with Crippen molar-refractivity contribution < 1.29 is 14.6 Å². The summed E-state index contributed by atoms with van der Waals surface area (Å²) in [4.78, 5) is 11.8. The van der Waals surface area contributed by atoms with Gasteiger partial charge < -0.3 is 9.84 Å². The summed E-state index contributed by atoms with van der Waals surface area (Å²) in [6, 6.07) is 0. The van der Waals surface area contributed by atoms with Gasteiger partial charge in [0.05, 0.1) is 12.5 Å². The summed E-state index contributed by atoms with van der Waals surface area (Å²) in [6.07, 6.45) is 11.8. The highest BCUT2D eigenvalue weighted by atomic mass is 16.5. The Hall–Kier alpha value is -0.570. The average molecular weight is 270 g/mol. The molecule has 0 aromatic rings. The minimum Gasteiger partial charge on any atom is -0.462 e. The Morgan fingerprint density at radius 3 is 2.42 bits per heavy atom. The van der Waals surface area contributed by atoms with E-state index in [0.29, 0.717) is 0 Å². The van der Waals surface area contributed by atoms with Crippen LogP contribution in [0.3, 0.4) is 0 Å². The SMILES string of the molecule is CCCC[C@H]1CCCCCCCC[C@H](O)CC(=O)O1. The minimum atomic E-state index is -0.514. The van der Waals surface area contributed by atoms with Crippen LogP contribution in [0.1, 0.15) is 84.0 Å². The zero-order valence-electron chi connectivity index (χ0n) is 12.4. The molecule has 1 aliphatic heterocycles. The third-order valence-corrected chi connectivity index (χ3v) is 3.89. The molecule has 2 atom stereocenters. The van der Waals surface area contributed by atoms with Crippen LogP contribution in [0.4, 0.5) is 0 Å². The molecule has 0 aromatic heterocycles. The maximum absolute atomic E-state index is 11.8. The highest BCUT2D eigenvalue weighted by Gasteiger charge is 2.17. The van der Waals surface area contributed by atoms with Crippen LogP contribution in [0.2, 0.25) is 0 Å². The van der Waals surface area contributed by atoms with E-state index in [9.17, 15) is 9.90 Å². The number of cyclic esters (lactones) is 1. The van der Waals surface area contributed by atoms with Gasteiger partial charge in [0.25, 0.3) is 0 Å². The van der Waals surface area contributed by atoms with Gasteiger partial charge in [0.15, 0.2) is 0 Å². The summed E-state index contributed by atoms with van der Waals surface area (Å²) in [6.45, 7) is 2.16. The van der Waals surface area contributed by atoms with Gasteiger partial charge in [-0.3, -0.25) is 4.79 Å². The number of hydrogen-bond acceptors (Lipinski definition) is 3. The van der Waals surface area contributed by atoms with Gasteiger partial charge in [-0.1, -0.05) is 51.9 Å². The summed E-state index contributed by atoms with van der Waals surface area (Å²) in [5, 5.41) is 9.80. The quantitative estimate of drug-likeness (QED) is 0.789. The second-order valence-electron chi connectivity index (χ2n) is 5.81. The van der Waals surface area contributed by atoms with Crippen molar-refractivity contribution in [2.45, 2.75) is 96.2 Å². The van der Waals surface area contributed by atoms with Gasteiger partial charge in [0.1, 0.15) is 6.10 Å². The van der Waals surface area contributed by atoms with Crippen molar-refractivity contribution in [1.29, 1.82) is 0 Å². The monoisotopic (exact) mass is 270 g/mol. The molecule has 1 aliphatic rings. The molecule has 3 nitrogen and oxygen atoms in total. The van der Waals surface area contributed by atoms with Gasteiger partial charge in [-0.2, -0.15) is 0 Å². The molecule has 0 bridgehead atoms. The van der Waals surface area contributed by atoms with Crippen LogP contribution in [0.5, 0.6) is 0 Å². The van der Waals surface area contributed by atoms with Crippen LogP contribution < -0.4 is 0 Å². The molecule has 3 heteroatoms. The fourth-order valence-electron chi connectivity index (χ4n) is 2.68. The Morgan fingerprint density at radius 1 is 1.11 bits per heavy atom. The van der Waals surface area contributed by atoms with Crippen molar-refractivity contribution in [2.75, 3.05) is 0 Å². The fourth-order valence-corrected chi connectivity index (χ4v) is 2.68. The van der Waals surface area contributed by atoms with E-state index in [1.807, 2.05) is 0 Å². The van der Waals surface area contributed by atoms with Crippen molar-refractivity contribution in [3.05, 3.63) is 0 Å². The van der Waals surface area contributed by atoms with Gasteiger partial charge in [-0.15, -0.1) is 0 Å². The van der Waals surface area contributed by atoms with E-state index in [1.54, 1.807) is 0 Å². The summed E-state index contributed by atoms with van der Waals surface area (Å²) >= 11 is 0. The van der Waals surface area contributed by atoms with Gasteiger partial charge in [-0.05, 0) is 25.7 Å². The maximum Gasteiger partial charge on any atom is 0.308 e. The van der Waals surface area contributed by atoms with E-state index in [4.69, 9.17) is 4.74 Å². The molecule has 0 aliphatic carbocycles. The average Bonchev–Trinajstić information content (AvgIpc) is 2.38. The third-order valence-electron chi connectivity index (χ3n) is 3.89. The van der Waals surface area contributed by atoms with Crippen LogP contribution in [-0.2, 0) is 9.53 Å². The number of rotatable bonds is 3. The van der Waals surface area contributed by atoms with Crippen molar-refractivity contribution in [1.82, 2.24) is 0 Å². The van der Waals surface area contributed by atoms with E-state index in [1.165, 1.54) is 25.7 Å². The molecule has 1 heterocycles. The van der Waals surface area contributed by atoms with Crippen LogP contribution in [-0.4, -0.2) is 23.3 Å². The third kappa shape index (κ3) is 8.25. The predicted molar refractivity (Wildman–Crippen MR) is 77.0 cm³/mol. The number of aliphatic hydroxyl groups is 1. The van der Waals surface area contributed by atoms with E-state index in [2.05, 4.69) is 6.92 Å². The molecule has 112 valence electrons. The highest BCUT2D eigenvalue weighted by Crippen LogP contribution is 2.18. The number of carbonyl (C=O) groups is 1. The molecule has 1 fully saturated rings. The fraction of sp³-hybridized carbons (Fsp3) is 0.938. The van der Waals surface area contributed by atoms with Crippen LogP contribution >= 0.6 is 0 Å². The Kier molecular flexibility index (Phi) is 8.89. The lowest BCUT2D eigenvalue weighted by Gasteiger charge is -2.18. The molecular weight excluding hydrogens is 240 g/mol. The minimum absolute atomic E-state index is 0.0698. The Balaban J connectivity index is 2.44. The van der Waals surface area contributed by atoms with E-state index >= 15 is 0 Å². The van der Waals surface area contributed by atoms with Crippen molar-refractivity contribution in [3.63, 3.8) is 0 Å². The first-order valence-corrected chi connectivity index (χ1v) is 8.10. The van der Waals surface area contributed by atoms with Crippen LogP contribution in [0.25, 0.3) is 0 Å². The van der Waals surface area contributed by atoms with Gasteiger partial charge >= 0.3 is 5.97 Å². The zero-order valence-corrected chi connectivity index (χ0v) is 12.4. The smallest absolute Gasteiger partial charge is 0.308 e. The summed E-state index contributed by atoms with van der Waals surface area (Å²) in [7, 11) is 0. The molecule has 0 saturated carbocycles. The second-order valence-corrected chi connectivity index (χ2v) is 5.81. The van der Waals surface area contributed by atoms with Gasteiger partial charge in [-0.25, -0.2) is 0 Å². The number of carbonyl (C=O) groups excluding carboxylic acids is 1. The molecule has 19 heavy (non-hydrogen) atoms. The topological polar surface area (TPSA) is 46.5 Å². The van der Waals surface area contributed by atoms with Crippen LogP contribution in [0, 0.1) is 0 Å². The number of ether oxygens (including phenoxy) is 1. The van der Waals surface area contributed by atoms with E-state index in [-0.39, 0.29) is 18.5 Å². The van der Waals surface area contributed by atoms with E-state index < -0.39 is 6.10 Å². The zero-order chi connectivity index (χ0) is 13.9. The van der Waals surface area contributed by atoms with Gasteiger partial charge in [0.2, 0.25) is 0 Å². The van der Waals surface area contributed by atoms with Crippen molar-refractivity contribution in [2.24, 2.45) is 0 Å². The molecular formula is C16H30O3. The van der Waals surface area contributed by atoms with Crippen molar-refractivity contribution >= 4 is 5.97 Å². The summed E-state index contributed by atoms with van der Waals surface area (Å²) in [5.74, 6) is -0.215. The molecule has 1 saturated heterocycles. The number of hydrogen-bond donors (Lipinski definition) is 1. The van der Waals surface area contributed by atoms with Gasteiger partial charge in [0, 0.05) is 0 Å². The molecule has 0 aromatic carbocycles. The van der Waals surface area contributed by atoms with Crippen molar-refractivity contribution in [3.8, 4) is 0 Å². The number of aliphatic hydroxyl groups excluding tert-OH is 1. The molecule has 0 unspecified atom stereocenters. The molecule has 1 rings (SSSR count). The molecule has 0 radical (unpaired) electrons. The lowest BCUT2D eigenvalue weighted by molar-refractivity contribution is -0.152. The van der Waals surface area contributed by atoms with Crippen LogP contribution in [0.15, 0.2) is 0 Å².